The van der Waals surface area contributed by atoms with Gasteiger partial charge in [-0.25, -0.2) is 9.59 Å². The van der Waals surface area contributed by atoms with Crippen LogP contribution < -0.4 is 5.73 Å². The minimum atomic E-state index is -4.43. The lowest BCUT2D eigenvalue weighted by molar-refractivity contribution is 0.0360. The number of amides is 2. The fraction of sp³-hybridized carbons (Fsp3) is 0.846. The zero-order chi connectivity index (χ0) is 18.1. The van der Waals surface area contributed by atoms with E-state index in [1.165, 1.54) is 6.92 Å². The van der Waals surface area contributed by atoms with Crippen molar-refractivity contribution in [1.82, 2.24) is 8.61 Å². The quantitative estimate of drug-likeness (QED) is 0.807. The van der Waals surface area contributed by atoms with Crippen LogP contribution in [0.4, 0.5) is 9.59 Å². The van der Waals surface area contributed by atoms with Crippen molar-refractivity contribution in [3.8, 4) is 0 Å². The number of ether oxygens (including phenoxy) is 2. The van der Waals surface area contributed by atoms with Crippen LogP contribution in [0, 0.1) is 0 Å². The van der Waals surface area contributed by atoms with Crippen molar-refractivity contribution in [2.24, 2.45) is 5.73 Å². The molecular weight excluding hydrogens is 326 g/mol. The smallest absolute Gasteiger partial charge is 0.435 e. The Morgan fingerprint density at radius 3 is 2.26 bits per heavy atom. The zero-order valence-corrected chi connectivity index (χ0v) is 15.0. The van der Waals surface area contributed by atoms with Crippen LogP contribution in [0.3, 0.4) is 0 Å². The molecule has 1 aliphatic heterocycles. The van der Waals surface area contributed by atoms with Gasteiger partial charge in [0.05, 0.1) is 6.61 Å². The first-order valence-corrected chi connectivity index (χ1v) is 8.69. The van der Waals surface area contributed by atoms with Crippen LogP contribution in [0.15, 0.2) is 0 Å². The first-order valence-electron chi connectivity index (χ1n) is 7.29. The summed E-state index contributed by atoms with van der Waals surface area (Å²) in [7, 11) is -4.43. The van der Waals surface area contributed by atoms with E-state index >= 15 is 0 Å². The van der Waals surface area contributed by atoms with Crippen molar-refractivity contribution in [3.63, 3.8) is 0 Å². The highest BCUT2D eigenvalue weighted by Crippen LogP contribution is 2.24. The average Bonchev–Trinajstić information content (AvgIpc) is 2.68. The molecule has 0 aromatic carbocycles. The molecule has 1 atom stereocenters. The minimum Gasteiger partial charge on any atom is -0.449 e. The zero-order valence-electron chi connectivity index (χ0n) is 14.2. The molecule has 1 saturated heterocycles. The van der Waals surface area contributed by atoms with E-state index < -0.39 is 33.5 Å². The number of nitrogens with zero attached hydrogens (tertiary/aromatic N) is 2. The molecule has 1 heterocycles. The van der Waals surface area contributed by atoms with Crippen molar-refractivity contribution in [1.29, 1.82) is 0 Å². The van der Waals surface area contributed by atoms with Crippen LogP contribution in [-0.4, -0.2) is 60.1 Å². The van der Waals surface area contributed by atoms with Crippen LogP contribution in [-0.2, 0) is 19.7 Å². The van der Waals surface area contributed by atoms with Crippen molar-refractivity contribution in [2.45, 2.75) is 52.2 Å². The lowest BCUT2D eigenvalue weighted by Crippen LogP contribution is -2.52. The van der Waals surface area contributed by atoms with Crippen molar-refractivity contribution >= 4 is 22.4 Å². The molecule has 9 nitrogen and oxygen atoms in total. The summed E-state index contributed by atoms with van der Waals surface area (Å²) in [5.74, 6) is 0. The molecule has 2 amide bonds. The number of hydrogen-bond donors (Lipinski definition) is 1. The van der Waals surface area contributed by atoms with Gasteiger partial charge in [0, 0.05) is 18.6 Å². The first kappa shape index (κ1) is 19.7. The van der Waals surface area contributed by atoms with Gasteiger partial charge in [0.25, 0.3) is 0 Å². The summed E-state index contributed by atoms with van der Waals surface area (Å²) in [6, 6.07) is 0. The van der Waals surface area contributed by atoms with Crippen LogP contribution in [0.25, 0.3) is 0 Å². The van der Waals surface area contributed by atoms with E-state index in [4.69, 9.17) is 10.5 Å². The largest absolute Gasteiger partial charge is 0.449 e. The highest BCUT2D eigenvalue weighted by Gasteiger charge is 2.46. The molecule has 1 rings (SSSR count). The molecule has 0 radical (unpaired) electrons. The minimum absolute atomic E-state index is 0.00592. The second kappa shape index (κ2) is 6.62. The molecular formula is C13H25N3O6S. The summed E-state index contributed by atoms with van der Waals surface area (Å²) in [6.45, 7) is 7.91. The Balaban J connectivity index is 3.13. The lowest BCUT2D eigenvalue weighted by Gasteiger charge is -2.28. The van der Waals surface area contributed by atoms with Gasteiger partial charge >= 0.3 is 22.4 Å². The number of nitrogens with two attached hydrogens (primary N) is 1. The number of carbonyl (C=O) groups excluding carboxylic acids is 2. The number of imide groups is 1. The van der Waals surface area contributed by atoms with Crippen LogP contribution in [0.5, 0.6) is 0 Å². The molecule has 0 aromatic heterocycles. The second-order valence-electron chi connectivity index (χ2n) is 6.69. The summed E-state index contributed by atoms with van der Waals surface area (Å²) in [5.41, 5.74) is 4.23. The van der Waals surface area contributed by atoms with E-state index in [0.717, 1.165) is 4.31 Å². The molecule has 10 heteroatoms. The number of rotatable bonds is 3. The highest BCUT2D eigenvalue weighted by molar-refractivity contribution is 7.87. The number of carbonyl (C=O) groups is 2. The maximum Gasteiger partial charge on any atom is 0.435 e. The topological polar surface area (TPSA) is 119 Å². The molecule has 1 unspecified atom stereocenters. The third-order valence-electron chi connectivity index (χ3n) is 3.02. The molecule has 23 heavy (non-hydrogen) atoms. The molecule has 0 aliphatic carbocycles. The van der Waals surface area contributed by atoms with Crippen LogP contribution in [0.2, 0.25) is 0 Å². The average molecular weight is 351 g/mol. The van der Waals surface area contributed by atoms with Gasteiger partial charge in [-0.05, 0) is 41.0 Å². The Hall–Kier alpha value is -1.39. The fourth-order valence-corrected chi connectivity index (χ4v) is 3.48. The first-order chi connectivity index (χ1) is 10.3. The molecule has 2 N–H and O–H groups in total. The summed E-state index contributed by atoms with van der Waals surface area (Å²) in [6.07, 6.45) is -2.19. The van der Waals surface area contributed by atoms with Gasteiger partial charge in [0.2, 0.25) is 0 Å². The summed E-state index contributed by atoms with van der Waals surface area (Å²) >= 11 is 0. The van der Waals surface area contributed by atoms with E-state index in [2.05, 4.69) is 4.74 Å². The second-order valence-corrected chi connectivity index (χ2v) is 8.47. The summed E-state index contributed by atoms with van der Waals surface area (Å²) in [4.78, 5) is 24.2. The summed E-state index contributed by atoms with van der Waals surface area (Å²) in [5, 5.41) is 0. The lowest BCUT2D eigenvalue weighted by atomic mass is 10.0. The van der Waals surface area contributed by atoms with Gasteiger partial charge in [-0.1, -0.05) is 4.31 Å². The van der Waals surface area contributed by atoms with Gasteiger partial charge in [-0.3, -0.25) is 0 Å². The maximum absolute atomic E-state index is 12.7. The monoisotopic (exact) mass is 351 g/mol. The fourth-order valence-electron chi connectivity index (χ4n) is 2.00. The predicted molar refractivity (Wildman–Crippen MR) is 82.8 cm³/mol. The van der Waals surface area contributed by atoms with Gasteiger partial charge in [-0.15, -0.1) is 0 Å². The van der Waals surface area contributed by atoms with Gasteiger partial charge in [0.1, 0.15) is 5.60 Å². The third kappa shape index (κ3) is 5.05. The molecule has 0 aromatic rings. The van der Waals surface area contributed by atoms with Crippen molar-refractivity contribution in [2.75, 3.05) is 19.7 Å². The molecule has 0 saturated carbocycles. The Labute approximate surface area is 136 Å². The van der Waals surface area contributed by atoms with Crippen molar-refractivity contribution < 1.29 is 27.5 Å². The third-order valence-corrected chi connectivity index (χ3v) is 4.74. The maximum atomic E-state index is 12.7. The van der Waals surface area contributed by atoms with Gasteiger partial charge < -0.3 is 15.2 Å². The van der Waals surface area contributed by atoms with E-state index in [9.17, 15) is 18.0 Å². The van der Waals surface area contributed by atoms with E-state index in [0.29, 0.717) is 6.42 Å². The Morgan fingerprint density at radius 1 is 1.30 bits per heavy atom. The number of hydrogen-bond acceptors (Lipinski definition) is 7. The van der Waals surface area contributed by atoms with Gasteiger partial charge in [0.15, 0.2) is 0 Å². The Kier molecular flexibility index (Phi) is 5.65. The molecule has 0 spiro atoms. The Morgan fingerprint density at radius 2 is 1.87 bits per heavy atom. The normalized spacial score (nSPS) is 22.7. The van der Waals surface area contributed by atoms with Crippen LogP contribution in [0.1, 0.15) is 41.0 Å². The highest BCUT2D eigenvalue weighted by atomic mass is 32.2. The molecule has 1 fully saturated rings. The predicted octanol–water partition coefficient (Wildman–Crippen LogP) is 1.05. The SMILES string of the molecule is CCOC(=O)N(C(=O)OC(C)(C)C)S(=O)(=O)N1CCC(C)(N)C1. The van der Waals surface area contributed by atoms with Crippen molar-refractivity contribution in [3.05, 3.63) is 0 Å². The standard InChI is InChI=1S/C13H25N3O6S/c1-6-21-10(17)16(11(18)22-12(2,3)4)23(19,20)15-8-7-13(5,14)9-15/h6-9,14H2,1-5H3. The molecule has 1 aliphatic rings. The summed E-state index contributed by atoms with van der Waals surface area (Å²) < 4.78 is 36.0. The Bertz CT molecular complexity index is 567. The molecule has 0 bridgehead atoms. The van der Waals surface area contributed by atoms with E-state index in [1.807, 2.05) is 0 Å². The van der Waals surface area contributed by atoms with E-state index in [-0.39, 0.29) is 24.0 Å². The van der Waals surface area contributed by atoms with Gasteiger partial charge in [-0.2, -0.15) is 12.7 Å². The van der Waals surface area contributed by atoms with E-state index in [1.54, 1.807) is 27.7 Å². The molecule has 134 valence electrons. The van der Waals surface area contributed by atoms with Crippen LogP contribution >= 0.6 is 0 Å².